The Labute approximate surface area is 152 Å². The molecule has 8 heteroatoms. The molecule has 1 N–H and O–H groups in total. The van der Waals surface area contributed by atoms with Crippen molar-refractivity contribution in [1.29, 1.82) is 0 Å². The predicted octanol–water partition coefficient (Wildman–Crippen LogP) is 4.67. The zero-order valence-electron chi connectivity index (χ0n) is 11.5. The number of carbonyl (C=O) groups excluding carboxylic acids is 1. The molecule has 2 rings (SSSR count). The molecule has 2 aromatic heterocycles. The van der Waals surface area contributed by atoms with Gasteiger partial charge in [-0.25, -0.2) is 0 Å². The molecule has 1 amide bonds. The van der Waals surface area contributed by atoms with Gasteiger partial charge in [-0.3, -0.25) is 9.48 Å². The third kappa shape index (κ3) is 4.18. The van der Waals surface area contributed by atoms with Gasteiger partial charge in [-0.15, -0.1) is 11.3 Å². The Kier molecular flexibility index (Phi) is 6.05. The van der Waals surface area contributed by atoms with Crippen LogP contribution < -0.4 is 5.32 Å². The van der Waals surface area contributed by atoms with Gasteiger partial charge in [-0.2, -0.15) is 5.10 Å². The van der Waals surface area contributed by atoms with E-state index >= 15 is 0 Å². The predicted molar refractivity (Wildman–Crippen MR) is 96.1 cm³/mol. The van der Waals surface area contributed by atoms with E-state index in [0.29, 0.717) is 11.4 Å². The molecule has 4 nitrogen and oxygen atoms in total. The number of aromatic nitrogens is 2. The highest BCUT2D eigenvalue weighted by atomic mass is 79.9. The van der Waals surface area contributed by atoms with Crippen LogP contribution in [0.25, 0.3) is 0 Å². The van der Waals surface area contributed by atoms with E-state index in [9.17, 15) is 4.79 Å². The summed E-state index contributed by atoms with van der Waals surface area (Å²) in [7, 11) is 0. The van der Waals surface area contributed by atoms with Gasteiger partial charge in [0.1, 0.15) is 0 Å². The van der Waals surface area contributed by atoms with Crippen LogP contribution in [0, 0.1) is 13.8 Å². The maximum absolute atomic E-state index is 12.0. The average Bonchev–Trinajstić information content (AvgIpc) is 2.90. The molecule has 114 valence electrons. The molecule has 0 aliphatic heterocycles. The summed E-state index contributed by atoms with van der Waals surface area (Å²) in [5, 5.41) is 7.37. The molecule has 0 bridgehead atoms. The lowest BCUT2D eigenvalue weighted by atomic mass is 10.3. The Morgan fingerprint density at radius 3 is 2.62 bits per heavy atom. The van der Waals surface area contributed by atoms with E-state index in [4.69, 9.17) is 0 Å². The van der Waals surface area contributed by atoms with E-state index in [1.165, 1.54) is 11.3 Å². The number of thiophene rings is 1. The van der Waals surface area contributed by atoms with Gasteiger partial charge in [0.25, 0.3) is 5.91 Å². The Morgan fingerprint density at radius 1 is 1.38 bits per heavy atom. The number of nitrogens with zero attached hydrogens (tertiary/aromatic N) is 2. The Hall–Kier alpha value is -0.180. The summed E-state index contributed by atoms with van der Waals surface area (Å²) in [6.45, 7) is 5.42. The van der Waals surface area contributed by atoms with Gasteiger partial charge in [0.2, 0.25) is 0 Å². The van der Waals surface area contributed by atoms with Crippen molar-refractivity contribution in [2.24, 2.45) is 0 Å². The number of nitrogens with one attached hydrogen (secondary N) is 1. The second kappa shape index (κ2) is 7.39. The van der Waals surface area contributed by atoms with Crippen molar-refractivity contribution in [3.63, 3.8) is 0 Å². The molecule has 0 saturated carbocycles. The third-order valence-corrected chi connectivity index (χ3v) is 7.40. The number of amides is 1. The fraction of sp³-hybridized carbons (Fsp3) is 0.385. The van der Waals surface area contributed by atoms with E-state index in [-0.39, 0.29) is 5.91 Å². The minimum atomic E-state index is -0.0408. The van der Waals surface area contributed by atoms with E-state index in [2.05, 4.69) is 58.2 Å². The quantitative estimate of drug-likeness (QED) is 0.608. The lowest BCUT2D eigenvalue weighted by Gasteiger charge is -2.05. The number of hydrogen-bond donors (Lipinski definition) is 1. The average molecular weight is 500 g/mol. The first-order valence-electron chi connectivity index (χ1n) is 6.32. The SMILES string of the molecule is Cc1nn(CCCNC(=O)c2cc(Br)c(Br)s2)c(C)c1Br. The van der Waals surface area contributed by atoms with Gasteiger partial charge >= 0.3 is 0 Å². The smallest absolute Gasteiger partial charge is 0.261 e. The Bertz CT molecular complexity index is 646. The molecule has 0 fully saturated rings. The molecule has 2 heterocycles. The second-order valence-electron chi connectivity index (χ2n) is 4.55. The largest absolute Gasteiger partial charge is 0.351 e. The molecular formula is C13H14Br3N3OS. The lowest BCUT2D eigenvalue weighted by molar-refractivity contribution is 0.0956. The first kappa shape index (κ1) is 17.2. The van der Waals surface area contributed by atoms with Crippen molar-refractivity contribution in [2.75, 3.05) is 6.54 Å². The molecule has 0 aliphatic carbocycles. The molecule has 0 unspecified atom stereocenters. The second-order valence-corrected chi connectivity index (χ2v) is 8.57. The van der Waals surface area contributed by atoms with Crippen LogP contribution in [0.4, 0.5) is 0 Å². The fourth-order valence-corrected chi connectivity index (χ4v) is 4.11. The van der Waals surface area contributed by atoms with Crippen LogP contribution in [0.3, 0.4) is 0 Å². The highest BCUT2D eigenvalue weighted by Crippen LogP contribution is 2.32. The zero-order valence-corrected chi connectivity index (χ0v) is 17.1. The highest BCUT2D eigenvalue weighted by Gasteiger charge is 2.12. The molecule has 0 radical (unpaired) electrons. The molecule has 0 aliphatic rings. The summed E-state index contributed by atoms with van der Waals surface area (Å²) >= 11 is 11.7. The van der Waals surface area contributed by atoms with Crippen molar-refractivity contribution < 1.29 is 4.79 Å². The minimum Gasteiger partial charge on any atom is -0.351 e. The molecule has 0 aromatic carbocycles. The Morgan fingerprint density at radius 2 is 2.10 bits per heavy atom. The van der Waals surface area contributed by atoms with Gasteiger partial charge in [-0.05, 0) is 74.1 Å². The van der Waals surface area contributed by atoms with Gasteiger partial charge in [0.05, 0.1) is 18.8 Å². The van der Waals surface area contributed by atoms with Crippen molar-refractivity contribution in [2.45, 2.75) is 26.8 Å². The van der Waals surface area contributed by atoms with Crippen LogP contribution in [0.2, 0.25) is 0 Å². The maximum atomic E-state index is 12.0. The van der Waals surface area contributed by atoms with Crippen LogP contribution in [-0.4, -0.2) is 22.2 Å². The zero-order chi connectivity index (χ0) is 15.6. The van der Waals surface area contributed by atoms with E-state index in [1.54, 1.807) is 0 Å². The first-order valence-corrected chi connectivity index (χ1v) is 9.52. The molecule has 0 atom stereocenters. The Balaban J connectivity index is 1.82. The lowest BCUT2D eigenvalue weighted by Crippen LogP contribution is -2.24. The van der Waals surface area contributed by atoms with Crippen molar-refractivity contribution in [3.05, 3.63) is 35.1 Å². The maximum Gasteiger partial charge on any atom is 0.261 e. The van der Waals surface area contributed by atoms with Crippen LogP contribution in [0.15, 0.2) is 18.8 Å². The number of aryl methyl sites for hydroxylation is 2. The number of hydrogen-bond acceptors (Lipinski definition) is 3. The highest BCUT2D eigenvalue weighted by molar-refractivity contribution is 9.13. The van der Waals surface area contributed by atoms with E-state index in [0.717, 1.165) is 37.1 Å². The van der Waals surface area contributed by atoms with Gasteiger partial charge < -0.3 is 5.32 Å². The summed E-state index contributed by atoms with van der Waals surface area (Å²) in [6, 6.07) is 1.82. The summed E-state index contributed by atoms with van der Waals surface area (Å²) in [5.74, 6) is -0.0408. The third-order valence-electron chi connectivity index (χ3n) is 2.99. The number of halogens is 3. The molecule has 21 heavy (non-hydrogen) atoms. The standard InChI is InChI=1S/C13H14Br3N3OS/c1-7-11(15)8(2)19(18-7)5-3-4-17-13(20)10-6-9(14)12(16)21-10/h6H,3-5H2,1-2H3,(H,17,20). The topological polar surface area (TPSA) is 46.9 Å². The first-order chi connectivity index (χ1) is 9.90. The minimum absolute atomic E-state index is 0.0408. The van der Waals surface area contributed by atoms with E-state index < -0.39 is 0 Å². The summed E-state index contributed by atoms with van der Waals surface area (Å²) in [5.41, 5.74) is 2.11. The molecule has 0 spiro atoms. The molecular weight excluding hydrogens is 486 g/mol. The number of rotatable bonds is 5. The molecule has 2 aromatic rings. The number of carbonyl (C=O) groups is 1. The van der Waals surface area contributed by atoms with Gasteiger partial charge in [0, 0.05) is 23.3 Å². The van der Waals surface area contributed by atoms with Crippen LogP contribution >= 0.6 is 59.1 Å². The van der Waals surface area contributed by atoms with Crippen LogP contribution in [-0.2, 0) is 6.54 Å². The summed E-state index contributed by atoms with van der Waals surface area (Å²) in [6.07, 6.45) is 0.841. The van der Waals surface area contributed by atoms with Crippen molar-refractivity contribution in [3.8, 4) is 0 Å². The van der Waals surface area contributed by atoms with Crippen LogP contribution in [0.1, 0.15) is 27.5 Å². The van der Waals surface area contributed by atoms with Gasteiger partial charge in [-0.1, -0.05) is 0 Å². The summed E-state index contributed by atoms with van der Waals surface area (Å²) < 4.78 is 4.86. The van der Waals surface area contributed by atoms with Crippen LogP contribution in [0.5, 0.6) is 0 Å². The van der Waals surface area contributed by atoms with Crippen molar-refractivity contribution >= 4 is 65.0 Å². The normalized spacial score (nSPS) is 10.9. The monoisotopic (exact) mass is 497 g/mol. The molecule has 0 saturated heterocycles. The van der Waals surface area contributed by atoms with Gasteiger partial charge in [0.15, 0.2) is 0 Å². The van der Waals surface area contributed by atoms with Crippen molar-refractivity contribution in [1.82, 2.24) is 15.1 Å². The summed E-state index contributed by atoms with van der Waals surface area (Å²) in [4.78, 5) is 12.7. The van der Waals surface area contributed by atoms with E-state index in [1.807, 2.05) is 24.6 Å². The fourth-order valence-electron chi connectivity index (χ4n) is 1.87.